The van der Waals surface area contributed by atoms with E-state index in [0.29, 0.717) is 5.89 Å². The summed E-state index contributed by atoms with van der Waals surface area (Å²) in [6.45, 7) is 4.66. The normalized spacial score (nSPS) is 13.2. The molecule has 0 saturated carbocycles. The topological polar surface area (TPSA) is 55.6 Å². The molecule has 12 rings (SSSR count). The SMILES string of the molecule is CC1(C)c2ccccc2-c2c(N(c3ccc(-c4ccc5c(c4)oc4cc6nc(-c7ccccc7)oc6cc45)cc3)c3ccc4c(c3)oc3ccccc34)cccc21. The second-order valence-corrected chi connectivity index (χ2v) is 15.5. The van der Waals surface area contributed by atoms with E-state index < -0.39 is 0 Å². The minimum atomic E-state index is -0.124. The highest BCUT2D eigenvalue weighted by molar-refractivity contribution is 6.10. The maximum absolute atomic E-state index is 6.46. The van der Waals surface area contributed by atoms with Gasteiger partial charge in [0.25, 0.3) is 0 Å². The number of hydrogen-bond acceptors (Lipinski definition) is 5. The first-order chi connectivity index (χ1) is 28.0. The number of fused-ring (bicyclic) bond motifs is 10. The predicted molar refractivity (Wildman–Crippen MR) is 232 cm³/mol. The molecule has 0 bridgehead atoms. The van der Waals surface area contributed by atoms with Crippen molar-refractivity contribution in [3.8, 4) is 33.7 Å². The molecule has 270 valence electrons. The number of rotatable bonds is 5. The molecule has 0 aliphatic heterocycles. The number of furan rings is 2. The Kier molecular flexibility index (Phi) is 6.62. The van der Waals surface area contributed by atoms with Crippen LogP contribution < -0.4 is 4.90 Å². The number of aromatic nitrogens is 1. The van der Waals surface area contributed by atoms with Crippen molar-refractivity contribution in [1.29, 1.82) is 0 Å². The summed E-state index contributed by atoms with van der Waals surface area (Å²) in [5.74, 6) is 0.604. The van der Waals surface area contributed by atoms with Crippen molar-refractivity contribution in [3.63, 3.8) is 0 Å². The lowest BCUT2D eigenvalue weighted by atomic mass is 9.82. The van der Waals surface area contributed by atoms with E-state index in [1.807, 2.05) is 54.6 Å². The Hall–Kier alpha value is -7.37. The maximum Gasteiger partial charge on any atom is 0.227 e. The molecule has 8 aromatic carbocycles. The molecule has 0 N–H and O–H groups in total. The fourth-order valence-electron chi connectivity index (χ4n) is 9.09. The molecule has 3 heterocycles. The van der Waals surface area contributed by atoms with Crippen molar-refractivity contribution in [2.45, 2.75) is 19.3 Å². The molecule has 0 unspecified atom stereocenters. The van der Waals surface area contributed by atoms with Gasteiger partial charge >= 0.3 is 0 Å². The molecule has 0 amide bonds. The van der Waals surface area contributed by atoms with Crippen molar-refractivity contribution in [1.82, 2.24) is 4.98 Å². The van der Waals surface area contributed by atoms with Gasteiger partial charge in [0.15, 0.2) is 5.58 Å². The Bertz CT molecular complexity index is 3380. The van der Waals surface area contributed by atoms with Gasteiger partial charge in [0, 0.05) is 61.6 Å². The summed E-state index contributed by atoms with van der Waals surface area (Å²) in [5.41, 5.74) is 16.3. The Labute approximate surface area is 328 Å². The van der Waals surface area contributed by atoms with Gasteiger partial charge in [0.2, 0.25) is 5.89 Å². The van der Waals surface area contributed by atoms with Crippen LogP contribution in [0.1, 0.15) is 25.0 Å². The molecule has 0 spiro atoms. The number of hydrogen-bond donors (Lipinski definition) is 0. The average molecular weight is 735 g/mol. The third kappa shape index (κ3) is 4.79. The summed E-state index contributed by atoms with van der Waals surface area (Å²) in [6.07, 6.45) is 0. The summed E-state index contributed by atoms with van der Waals surface area (Å²) in [6, 6.07) is 59.7. The zero-order chi connectivity index (χ0) is 37.8. The lowest BCUT2D eigenvalue weighted by Gasteiger charge is -2.29. The highest BCUT2D eigenvalue weighted by Crippen LogP contribution is 2.54. The minimum Gasteiger partial charge on any atom is -0.456 e. The van der Waals surface area contributed by atoms with Crippen molar-refractivity contribution in [2.75, 3.05) is 4.90 Å². The number of oxazole rings is 1. The van der Waals surface area contributed by atoms with Gasteiger partial charge in [-0.25, -0.2) is 4.98 Å². The Morgan fingerprint density at radius 1 is 0.439 bits per heavy atom. The molecular weight excluding hydrogens is 701 g/mol. The number of nitrogens with zero attached hydrogens (tertiary/aromatic N) is 2. The summed E-state index contributed by atoms with van der Waals surface area (Å²) in [7, 11) is 0. The van der Waals surface area contributed by atoms with Crippen LogP contribution in [0.25, 0.3) is 88.7 Å². The maximum atomic E-state index is 6.46. The van der Waals surface area contributed by atoms with Crippen LogP contribution in [0.3, 0.4) is 0 Å². The van der Waals surface area contributed by atoms with Crippen LogP contribution in [-0.4, -0.2) is 4.98 Å². The quantitative estimate of drug-likeness (QED) is 0.176. The van der Waals surface area contributed by atoms with Gasteiger partial charge in [-0.2, -0.15) is 0 Å². The smallest absolute Gasteiger partial charge is 0.227 e. The summed E-state index contributed by atoms with van der Waals surface area (Å²) >= 11 is 0. The Balaban J connectivity index is 0.964. The molecule has 3 aromatic heterocycles. The van der Waals surface area contributed by atoms with Crippen LogP contribution in [0.5, 0.6) is 0 Å². The van der Waals surface area contributed by atoms with E-state index >= 15 is 0 Å². The van der Waals surface area contributed by atoms with E-state index in [1.54, 1.807) is 0 Å². The van der Waals surface area contributed by atoms with Gasteiger partial charge in [0.05, 0.1) is 5.69 Å². The third-order valence-electron chi connectivity index (χ3n) is 11.9. The van der Waals surface area contributed by atoms with Crippen LogP contribution in [0, 0.1) is 0 Å². The predicted octanol–water partition coefficient (Wildman–Crippen LogP) is 14.7. The second kappa shape index (κ2) is 11.8. The molecule has 0 radical (unpaired) electrons. The van der Waals surface area contributed by atoms with E-state index in [2.05, 4.69) is 134 Å². The zero-order valence-electron chi connectivity index (χ0n) is 31.3. The van der Waals surface area contributed by atoms with E-state index in [0.717, 1.165) is 88.7 Å². The van der Waals surface area contributed by atoms with Crippen LogP contribution >= 0.6 is 0 Å². The van der Waals surface area contributed by atoms with Gasteiger partial charge in [-0.05, 0) is 94.5 Å². The first-order valence-electron chi connectivity index (χ1n) is 19.4. The summed E-state index contributed by atoms with van der Waals surface area (Å²) in [5, 5.41) is 4.28. The van der Waals surface area contributed by atoms with Crippen LogP contribution in [-0.2, 0) is 5.41 Å². The van der Waals surface area contributed by atoms with Gasteiger partial charge < -0.3 is 18.2 Å². The highest BCUT2D eigenvalue weighted by atomic mass is 16.4. The monoisotopic (exact) mass is 734 g/mol. The molecule has 5 heteroatoms. The molecule has 1 aliphatic carbocycles. The minimum absolute atomic E-state index is 0.124. The first-order valence-corrected chi connectivity index (χ1v) is 19.4. The van der Waals surface area contributed by atoms with E-state index in [9.17, 15) is 0 Å². The molecule has 1 aliphatic rings. The standard InChI is InChI=1S/C52H34N2O3/c1-52(2)41-15-8-6-14-39(41)50-42(52)16-10-17-44(50)54(35-24-26-37-36-13-7-9-18-45(36)55-47(37)28-35)34-22-19-31(20-23-34)33-21-25-38-40-29-49-43(30-48(40)56-46(38)27-33)53-51(57-49)32-11-4-3-5-12-32/h3-30H,1-2H3. The first kappa shape index (κ1) is 31.9. The van der Waals surface area contributed by atoms with E-state index in [-0.39, 0.29) is 5.41 Å². The van der Waals surface area contributed by atoms with Gasteiger partial charge in [-0.3, -0.25) is 0 Å². The zero-order valence-corrected chi connectivity index (χ0v) is 31.3. The van der Waals surface area contributed by atoms with Crippen molar-refractivity contribution >= 4 is 72.0 Å². The van der Waals surface area contributed by atoms with Crippen LogP contribution in [0.4, 0.5) is 17.1 Å². The van der Waals surface area contributed by atoms with Gasteiger partial charge in [0.1, 0.15) is 27.8 Å². The number of para-hydroxylation sites is 1. The summed E-state index contributed by atoms with van der Waals surface area (Å²) in [4.78, 5) is 7.14. The van der Waals surface area contributed by atoms with Crippen molar-refractivity contribution < 1.29 is 13.3 Å². The fourth-order valence-corrected chi connectivity index (χ4v) is 9.09. The molecule has 0 fully saturated rings. The third-order valence-corrected chi connectivity index (χ3v) is 11.9. The second-order valence-electron chi connectivity index (χ2n) is 15.5. The lowest BCUT2D eigenvalue weighted by molar-refractivity contribution is 0.620. The molecule has 11 aromatic rings. The Morgan fingerprint density at radius 3 is 2.00 bits per heavy atom. The molecule has 57 heavy (non-hydrogen) atoms. The number of benzene rings is 8. The fraction of sp³-hybridized carbons (Fsp3) is 0.0577. The van der Waals surface area contributed by atoms with Crippen LogP contribution in [0.2, 0.25) is 0 Å². The van der Waals surface area contributed by atoms with Gasteiger partial charge in [-0.1, -0.05) is 105 Å². The molecule has 0 saturated heterocycles. The molecule has 0 atom stereocenters. The summed E-state index contributed by atoms with van der Waals surface area (Å²) < 4.78 is 19.1. The molecule has 5 nitrogen and oxygen atoms in total. The van der Waals surface area contributed by atoms with Crippen LogP contribution in [0.15, 0.2) is 183 Å². The largest absolute Gasteiger partial charge is 0.456 e. The Morgan fingerprint density at radius 2 is 1.11 bits per heavy atom. The van der Waals surface area contributed by atoms with Gasteiger partial charge in [-0.15, -0.1) is 0 Å². The highest BCUT2D eigenvalue weighted by Gasteiger charge is 2.37. The average Bonchev–Trinajstić information content (AvgIpc) is 4.00. The number of anilines is 3. The lowest BCUT2D eigenvalue weighted by Crippen LogP contribution is -2.16. The molecular formula is C52H34N2O3. The van der Waals surface area contributed by atoms with E-state index in [4.69, 9.17) is 18.2 Å². The van der Waals surface area contributed by atoms with Crippen molar-refractivity contribution in [3.05, 3.63) is 181 Å². The van der Waals surface area contributed by atoms with E-state index in [1.165, 1.54) is 22.3 Å². The van der Waals surface area contributed by atoms with Crippen molar-refractivity contribution in [2.24, 2.45) is 0 Å².